The number of nitrogens with two attached hydrogens (primary N) is 1. The quantitative estimate of drug-likeness (QED) is 0.243. The fraction of sp³-hybridized carbons (Fsp3) is 0.650. The van der Waals surface area contributed by atoms with Crippen LogP contribution in [0, 0.1) is 5.92 Å². The van der Waals surface area contributed by atoms with E-state index in [2.05, 4.69) is 20.6 Å². The molecule has 5 atom stereocenters. The number of nitrogens with one attached hydrogen (secondary N) is 3. The van der Waals surface area contributed by atoms with Crippen molar-refractivity contribution in [3.63, 3.8) is 0 Å². The van der Waals surface area contributed by atoms with E-state index in [1.54, 1.807) is 13.8 Å². The number of hydrogen-bond donors (Lipinski definition) is 6. The number of aromatic nitrogens is 2. The molecule has 1 aromatic rings. The number of aliphatic hydroxyl groups is 1. The van der Waals surface area contributed by atoms with Gasteiger partial charge in [0.25, 0.3) is 0 Å². The first-order valence-corrected chi connectivity index (χ1v) is 10.6. The molecule has 0 radical (unpaired) electrons. The minimum Gasteiger partial charge on any atom is -0.480 e. The van der Waals surface area contributed by atoms with Crippen LogP contribution in [0.3, 0.4) is 0 Å². The van der Waals surface area contributed by atoms with Gasteiger partial charge in [-0.05, 0) is 25.7 Å². The topological polar surface area (TPSA) is 191 Å². The summed E-state index contributed by atoms with van der Waals surface area (Å²) in [5.74, 6) is -3.35. The molecule has 0 aliphatic carbocycles. The molecule has 1 fully saturated rings. The van der Waals surface area contributed by atoms with E-state index in [-0.39, 0.29) is 18.9 Å². The van der Waals surface area contributed by atoms with Crippen LogP contribution in [0.4, 0.5) is 0 Å². The lowest BCUT2D eigenvalue weighted by molar-refractivity contribution is -0.146. The Morgan fingerprint density at radius 1 is 1.25 bits per heavy atom. The summed E-state index contributed by atoms with van der Waals surface area (Å²) >= 11 is 0. The van der Waals surface area contributed by atoms with Crippen molar-refractivity contribution in [2.45, 2.75) is 70.3 Å². The van der Waals surface area contributed by atoms with Crippen molar-refractivity contribution in [3.8, 4) is 0 Å². The first kappa shape index (κ1) is 25.3. The number of aliphatic carboxylic acids is 1. The summed E-state index contributed by atoms with van der Waals surface area (Å²) in [5, 5.41) is 24.4. The maximum absolute atomic E-state index is 13.1. The minimum atomic E-state index is -1.30. The van der Waals surface area contributed by atoms with E-state index < -0.39 is 54.0 Å². The predicted octanol–water partition coefficient (Wildman–Crippen LogP) is -1.64. The molecule has 32 heavy (non-hydrogen) atoms. The average Bonchev–Trinajstić information content (AvgIpc) is 3.40. The number of carbonyl (C=O) groups is 4. The van der Waals surface area contributed by atoms with Gasteiger partial charge in [0.15, 0.2) is 0 Å². The number of hydrogen-bond acceptors (Lipinski definition) is 7. The number of likely N-dealkylation sites (tertiary alicyclic amines) is 1. The van der Waals surface area contributed by atoms with Crippen molar-refractivity contribution in [1.82, 2.24) is 25.5 Å². The number of amides is 3. The molecule has 1 aromatic heterocycles. The molecule has 1 aliphatic rings. The van der Waals surface area contributed by atoms with Crippen LogP contribution in [-0.4, -0.2) is 85.6 Å². The highest BCUT2D eigenvalue weighted by Crippen LogP contribution is 2.20. The normalized spacial score (nSPS) is 19.8. The molecular weight excluding hydrogens is 420 g/mol. The number of aliphatic hydroxyl groups excluding tert-OH is 1. The Labute approximate surface area is 185 Å². The number of carboxylic acids is 1. The summed E-state index contributed by atoms with van der Waals surface area (Å²) in [5.41, 5.74) is 6.55. The number of carboxylic acid groups (broad SMARTS) is 1. The Bertz CT molecular complexity index is 812. The van der Waals surface area contributed by atoms with E-state index in [0.29, 0.717) is 18.5 Å². The van der Waals surface area contributed by atoms with E-state index in [4.69, 9.17) is 5.73 Å². The maximum atomic E-state index is 13.1. The molecule has 0 saturated carbocycles. The Morgan fingerprint density at radius 3 is 2.47 bits per heavy atom. The Morgan fingerprint density at radius 2 is 1.94 bits per heavy atom. The molecule has 178 valence electrons. The van der Waals surface area contributed by atoms with Crippen LogP contribution >= 0.6 is 0 Å². The third-order valence-electron chi connectivity index (χ3n) is 5.45. The van der Waals surface area contributed by atoms with Crippen LogP contribution in [0.2, 0.25) is 0 Å². The van der Waals surface area contributed by atoms with Crippen LogP contribution < -0.4 is 16.4 Å². The molecule has 0 bridgehead atoms. The fourth-order valence-corrected chi connectivity index (χ4v) is 3.62. The molecule has 7 N–H and O–H groups in total. The summed E-state index contributed by atoms with van der Waals surface area (Å²) in [6.45, 7) is 4.94. The highest BCUT2D eigenvalue weighted by atomic mass is 16.4. The maximum Gasteiger partial charge on any atom is 0.326 e. The zero-order valence-electron chi connectivity index (χ0n) is 18.4. The molecule has 2 rings (SSSR count). The number of carbonyl (C=O) groups excluding carboxylic acids is 3. The number of nitrogens with zero attached hydrogens (tertiary/aromatic N) is 2. The van der Waals surface area contributed by atoms with Gasteiger partial charge in [0, 0.05) is 24.9 Å². The molecule has 1 aliphatic heterocycles. The van der Waals surface area contributed by atoms with Crippen molar-refractivity contribution in [3.05, 3.63) is 18.2 Å². The largest absolute Gasteiger partial charge is 0.480 e. The Kier molecular flexibility index (Phi) is 8.72. The van der Waals surface area contributed by atoms with Crippen molar-refractivity contribution in [2.75, 3.05) is 6.54 Å². The molecule has 3 amide bonds. The van der Waals surface area contributed by atoms with E-state index in [0.717, 1.165) is 0 Å². The number of imidazole rings is 1. The van der Waals surface area contributed by atoms with Crippen LogP contribution in [0.5, 0.6) is 0 Å². The van der Waals surface area contributed by atoms with Crippen LogP contribution in [-0.2, 0) is 25.6 Å². The van der Waals surface area contributed by atoms with Crippen molar-refractivity contribution in [1.29, 1.82) is 0 Å². The van der Waals surface area contributed by atoms with E-state index in [9.17, 15) is 29.4 Å². The van der Waals surface area contributed by atoms with Gasteiger partial charge in [-0.25, -0.2) is 9.78 Å². The smallest absolute Gasteiger partial charge is 0.326 e. The van der Waals surface area contributed by atoms with Crippen molar-refractivity contribution in [2.24, 2.45) is 11.7 Å². The van der Waals surface area contributed by atoms with Crippen LogP contribution in [0.1, 0.15) is 39.3 Å². The molecular formula is C20H32N6O6. The second-order valence-electron chi connectivity index (χ2n) is 8.37. The Hall–Kier alpha value is -2.99. The monoisotopic (exact) mass is 452 g/mol. The SMILES string of the molecule is CC(C)C(NC(=O)C1CCCN1C(=O)C(NC(=O)C(N)Cc1cnc[nH]1)C(C)O)C(=O)O. The lowest BCUT2D eigenvalue weighted by Crippen LogP contribution is -2.60. The zero-order chi connectivity index (χ0) is 24.0. The van der Waals surface area contributed by atoms with Gasteiger partial charge in [0.2, 0.25) is 17.7 Å². The summed E-state index contributed by atoms with van der Waals surface area (Å²) < 4.78 is 0. The molecule has 5 unspecified atom stereocenters. The van der Waals surface area contributed by atoms with E-state index in [1.807, 2.05) is 0 Å². The summed E-state index contributed by atoms with van der Waals surface area (Å²) in [7, 11) is 0. The number of rotatable bonds is 10. The molecule has 0 aromatic carbocycles. The second kappa shape index (κ2) is 11.0. The van der Waals surface area contributed by atoms with Crippen molar-refractivity contribution >= 4 is 23.7 Å². The van der Waals surface area contributed by atoms with Gasteiger partial charge in [-0.1, -0.05) is 13.8 Å². The third kappa shape index (κ3) is 6.26. The van der Waals surface area contributed by atoms with Gasteiger partial charge in [-0.3, -0.25) is 14.4 Å². The van der Waals surface area contributed by atoms with E-state index in [1.165, 1.54) is 24.3 Å². The first-order chi connectivity index (χ1) is 15.0. The highest BCUT2D eigenvalue weighted by Gasteiger charge is 2.40. The first-order valence-electron chi connectivity index (χ1n) is 10.6. The fourth-order valence-electron chi connectivity index (χ4n) is 3.62. The number of H-pyrrole nitrogens is 1. The minimum absolute atomic E-state index is 0.160. The Balaban J connectivity index is 2.07. The molecule has 0 spiro atoms. The molecule has 12 nitrogen and oxygen atoms in total. The zero-order valence-corrected chi connectivity index (χ0v) is 18.4. The molecule has 1 saturated heterocycles. The predicted molar refractivity (Wildman–Crippen MR) is 113 cm³/mol. The highest BCUT2D eigenvalue weighted by molar-refractivity contribution is 5.94. The summed E-state index contributed by atoms with van der Waals surface area (Å²) in [4.78, 5) is 57.7. The van der Waals surface area contributed by atoms with Crippen molar-refractivity contribution < 1.29 is 29.4 Å². The average molecular weight is 453 g/mol. The van der Waals surface area contributed by atoms with Gasteiger partial charge >= 0.3 is 5.97 Å². The number of aromatic amines is 1. The van der Waals surface area contributed by atoms with Gasteiger partial charge < -0.3 is 36.5 Å². The van der Waals surface area contributed by atoms with Gasteiger partial charge in [0.05, 0.1) is 18.5 Å². The van der Waals surface area contributed by atoms with Crippen LogP contribution in [0.15, 0.2) is 12.5 Å². The summed E-state index contributed by atoms with van der Waals surface area (Å²) in [6.07, 6.45) is 2.78. The third-order valence-corrected chi connectivity index (χ3v) is 5.45. The molecule has 2 heterocycles. The molecule has 12 heteroatoms. The van der Waals surface area contributed by atoms with Crippen LogP contribution in [0.25, 0.3) is 0 Å². The summed E-state index contributed by atoms with van der Waals surface area (Å²) in [6, 6.07) is -4.26. The lowest BCUT2D eigenvalue weighted by Gasteiger charge is -2.31. The van der Waals surface area contributed by atoms with Gasteiger partial charge in [-0.15, -0.1) is 0 Å². The van der Waals surface area contributed by atoms with Gasteiger partial charge in [-0.2, -0.15) is 0 Å². The van der Waals surface area contributed by atoms with E-state index >= 15 is 0 Å². The standard InChI is InChI=1S/C20H32N6O6/c1-10(2)15(20(31)32)24-18(29)14-5-4-6-26(14)19(30)16(11(3)27)25-17(28)13(21)7-12-8-22-9-23-12/h8-11,13-16,27H,4-7,21H2,1-3H3,(H,22,23)(H,24,29)(H,25,28)(H,31,32). The van der Waals surface area contributed by atoms with Gasteiger partial charge in [0.1, 0.15) is 18.1 Å². The second-order valence-corrected chi connectivity index (χ2v) is 8.37. The lowest BCUT2D eigenvalue weighted by atomic mass is 10.0.